The quantitative estimate of drug-likeness (QED) is 0.918. The average Bonchev–Trinajstić information content (AvgIpc) is 2.67. The SMILES string of the molecule is NC1CCN(Cc2cc(Cl)ccc2OC(F)F)C1. The fourth-order valence-corrected chi connectivity index (χ4v) is 2.32. The van der Waals surface area contributed by atoms with Crippen LogP contribution < -0.4 is 10.5 Å². The first-order valence-corrected chi connectivity index (χ1v) is 6.13. The molecule has 0 aliphatic carbocycles. The van der Waals surface area contributed by atoms with E-state index in [1.165, 1.54) is 6.07 Å². The Morgan fingerprint density at radius 3 is 2.89 bits per heavy atom. The third-order valence-corrected chi connectivity index (χ3v) is 3.18. The summed E-state index contributed by atoms with van der Waals surface area (Å²) in [6.45, 7) is -0.676. The number of hydrogen-bond donors (Lipinski definition) is 1. The average molecular weight is 277 g/mol. The molecule has 1 aliphatic rings. The fourth-order valence-electron chi connectivity index (χ4n) is 2.13. The maximum absolute atomic E-state index is 12.3. The zero-order valence-electron chi connectivity index (χ0n) is 9.78. The molecule has 0 spiro atoms. The summed E-state index contributed by atoms with van der Waals surface area (Å²) in [6.07, 6.45) is 0.922. The minimum atomic E-state index is -2.83. The maximum atomic E-state index is 12.3. The van der Waals surface area contributed by atoms with E-state index >= 15 is 0 Å². The molecule has 1 aromatic rings. The van der Waals surface area contributed by atoms with Gasteiger partial charge in [0.15, 0.2) is 0 Å². The number of nitrogens with two attached hydrogens (primary N) is 1. The van der Waals surface area contributed by atoms with Crippen LogP contribution in [0.25, 0.3) is 0 Å². The zero-order valence-corrected chi connectivity index (χ0v) is 10.5. The van der Waals surface area contributed by atoms with Gasteiger partial charge in [-0.25, -0.2) is 0 Å². The van der Waals surface area contributed by atoms with E-state index in [9.17, 15) is 8.78 Å². The Hall–Kier alpha value is -0.910. The van der Waals surface area contributed by atoms with Gasteiger partial charge in [-0.1, -0.05) is 11.6 Å². The summed E-state index contributed by atoms with van der Waals surface area (Å²) in [5, 5.41) is 0.509. The molecule has 3 nitrogen and oxygen atoms in total. The van der Waals surface area contributed by atoms with E-state index in [0.29, 0.717) is 17.1 Å². The van der Waals surface area contributed by atoms with E-state index < -0.39 is 6.61 Å². The van der Waals surface area contributed by atoms with E-state index in [0.717, 1.165) is 19.5 Å². The van der Waals surface area contributed by atoms with E-state index in [4.69, 9.17) is 17.3 Å². The Morgan fingerprint density at radius 2 is 2.28 bits per heavy atom. The van der Waals surface area contributed by atoms with Crippen LogP contribution in [0.1, 0.15) is 12.0 Å². The monoisotopic (exact) mass is 276 g/mol. The molecule has 2 N–H and O–H groups in total. The van der Waals surface area contributed by atoms with Crippen molar-refractivity contribution >= 4 is 11.6 Å². The lowest BCUT2D eigenvalue weighted by molar-refractivity contribution is -0.0507. The molecule has 0 bridgehead atoms. The third-order valence-electron chi connectivity index (χ3n) is 2.94. The van der Waals surface area contributed by atoms with Crippen LogP contribution in [0, 0.1) is 0 Å². The lowest BCUT2D eigenvalue weighted by atomic mass is 10.2. The second-order valence-electron chi connectivity index (χ2n) is 4.41. The fraction of sp³-hybridized carbons (Fsp3) is 0.500. The van der Waals surface area contributed by atoms with Gasteiger partial charge >= 0.3 is 6.61 Å². The van der Waals surface area contributed by atoms with Crippen LogP contribution in [0.2, 0.25) is 5.02 Å². The van der Waals surface area contributed by atoms with Crippen LogP contribution in [-0.4, -0.2) is 30.6 Å². The highest BCUT2D eigenvalue weighted by molar-refractivity contribution is 6.30. The van der Waals surface area contributed by atoms with Gasteiger partial charge in [0.25, 0.3) is 0 Å². The second-order valence-corrected chi connectivity index (χ2v) is 4.85. The molecule has 1 aromatic carbocycles. The Balaban J connectivity index is 2.11. The minimum Gasteiger partial charge on any atom is -0.434 e. The van der Waals surface area contributed by atoms with Gasteiger partial charge in [-0.2, -0.15) is 8.78 Å². The molecule has 1 fully saturated rings. The highest BCUT2D eigenvalue weighted by Gasteiger charge is 2.21. The number of likely N-dealkylation sites (tertiary alicyclic amines) is 1. The molecule has 1 heterocycles. The predicted octanol–water partition coefficient (Wildman–Crippen LogP) is 2.47. The number of ether oxygens (including phenoxy) is 1. The van der Waals surface area contributed by atoms with Crippen molar-refractivity contribution < 1.29 is 13.5 Å². The van der Waals surface area contributed by atoms with Gasteiger partial charge in [-0.15, -0.1) is 0 Å². The van der Waals surface area contributed by atoms with Crippen LogP contribution in [-0.2, 0) is 6.54 Å². The molecule has 1 aliphatic heterocycles. The Labute approximate surface area is 109 Å². The van der Waals surface area contributed by atoms with Crippen LogP contribution in [0.3, 0.4) is 0 Å². The first kappa shape index (κ1) is 13.5. The summed E-state index contributed by atoms with van der Waals surface area (Å²) in [5.41, 5.74) is 6.47. The van der Waals surface area contributed by atoms with Crippen LogP contribution in [0.4, 0.5) is 8.78 Å². The molecule has 1 atom stereocenters. The summed E-state index contributed by atoms with van der Waals surface area (Å²) in [6, 6.07) is 4.82. The normalized spacial score (nSPS) is 20.6. The van der Waals surface area contributed by atoms with Crippen molar-refractivity contribution in [2.24, 2.45) is 5.73 Å². The van der Waals surface area contributed by atoms with E-state index in [2.05, 4.69) is 9.64 Å². The molecule has 0 amide bonds. The largest absolute Gasteiger partial charge is 0.434 e. The number of hydrogen-bond acceptors (Lipinski definition) is 3. The van der Waals surface area contributed by atoms with E-state index in [1.54, 1.807) is 12.1 Å². The molecule has 1 unspecified atom stereocenters. The molecule has 18 heavy (non-hydrogen) atoms. The summed E-state index contributed by atoms with van der Waals surface area (Å²) >= 11 is 5.88. The minimum absolute atomic E-state index is 0.156. The summed E-state index contributed by atoms with van der Waals surface area (Å²) in [7, 11) is 0. The van der Waals surface area contributed by atoms with Crippen molar-refractivity contribution in [3.05, 3.63) is 28.8 Å². The molecule has 0 aromatic heterocycles. The highest BCUT2D eigenvalue weighted by Crippen LogP contribution is 2.26. The van der Waals surface area contributed by atoms with Crippen molar-refractivity contribution in [2.45, 2.75) is 25.6 Å². The Kier molecular flexibility index (Phi) is 4.37. The molecule has 0 saturated carbocycles. The molecule has 2 rings (SSSR count). The number of alkyl halides is 2. The molecular weight excluding hydrogens is 262 g/mol. The maximum Gasteiger partial charge on any atom is 0.387 e. The highest BCUT2D eigenvalue weighted by atomic mass is 35.5. The van der Waals surface area contributed by atoms with E-state index in [-0.39, 0.29) is 11.8 Å². The van der Waals surface area contributed by atoms with Crippen LogP contribution in [0.15, 0.2) is 18.2 Å². The van der Waals surface area contributed by atoms with Crippen molar-refractivity contribution in [1.29, 1.82) is 0 Å². The van der Waals surface area contributed by atoms with Crippen molar-refractivity contribution in [3.63, 3.8) is 0 Å². The topological polar surface area (TPSA) is 38.5 Å². The molecular formula is C12H15ClF2N2O. The number of benzene rings is 1. The zero-order chi connectivity index (χ0) is 13.1. The van der Waals surface area contributed by atoms with Crippen LogP contribution in [0.5, 0.6) is 5.75 Å². The second kappa shape index (κ2) is 5.82. The van der Waals surface area contributed by atoms with Gasteiger partial charge in [0.1, 0.15) is 5.75 Å². The first-order valence-electron chi connectivity index (χ1n) is 5.76. The predicted molar refractivity (Wildman–Crippen MR) is 66.0 cm³/mol. The standard InChI is InChI=1S/C12H15ClF2N2O/c13-9-1-2-11(18-12(14)15)8(5-9)6-17-4-3-10(16)7-17/h1-2,5,10,12H,3-4,6-7,16H2. The summed E-state index contributed by atoms with van der Waals surface area (Å²) in [4.78, 5) is 2.11. The van der Waals surface area contributed by atoms with Gasteiger partial charge in [-0.3, -0.25) is 4.90 Å². The number of nitrogens with zero attached hydrogens (tertiary/aromatic N) is 1. The van der Waals surface area contributed by atoms with Gasteiger partial charge in [0.05, 0.1) is 0 Å². The smallest absolute Gasteiger partial charge is 0.387 e. The van der Waals surface area contributed by atoms with Gasteiger partial charge < -0.3 is 10.5 Å². The van der Waals surface area contributed by atoms with E-state index in [1.807, 2.05) is 0 Å². The molecule has 100 valence electrons. The van der Waals surface area contributed by atoms with Crippen molar-refractivity contribution in [1.82, 2.24) is 4.90 Å². The Morgan fingerprint density at radius 1 is 1.50 bits per heavy atom. The summed E-state index contributed by atoms with van der Waals surface area (Å²) in [5.74, 6) is 0.176. The van der Waals surface area contributed by atoms with Gasteiger partial charge in [-0.05, 0) is 24.6 Å². The number of halogens is 3. The van der Waals surface area contributed by atoms with Gasteiger partial charge in [0, 0.05) is 36.3 Å². The third kappa shape index (κ3) is 3.54. The van der Waals surface area contributed by atoms with Crippen LogP contribution >= 0.6 is 11.6 Å². The molecule has 6 heteroatoms. The molecule has 0 radical (unpaired) electrons. The first-order chi connectivity index (χ1) is 8.54. The summed E-state index contributed by atoms with van der Waals surface area (Å²) < 4.78 is 29.1. The Bertz CT molecular complexity index is 417. The van der Waals surface area contributed by atoms with Gasteiger partial charge in [0.2, 0.25) is 0 Å². The van der Waals surface area contributed by atoms with Crippen molar-refractivity contribution in [2.75, 3.05) is 13.1 Å². The molecule has 1 saturated heterocycles. The number of rotatable bonds is 4. The van der Waals surface area contributed by atoms with Crippen molar-refractivity contribution in [3.8, 4) is 5.75 Å². The lowest BCUT2D eigenvalue weighted by Gasteiger charge is -2.18. The lowest BCUT2D eigenvalue weighted by Crippen LogP contribution is -2.26.